The normalized spacial score (nSPS) is 22.5. The summed E-state index contributed by atoms with van der Waals surface area (Å²) in [5.41, 5.74) is 1.65. The lowest BCUT2D eigenvalue weighted by Crippen LogP contribution is -2.33. The summed E-state index contributed by atoms with van der Waals surface area (Å²) in [6.45, 7) is 4.17. The van der Waals surface area contributed by atoms with Crippen molar-refractivity contribution in [1.82, 2.24) is 25.2 Å². The van der Waals surface area contributed by atoms with Gasteiger partial charge in [0, 0.05) is 30.3 Å². The summed E-state index contributed by atoms with van der Waals surface area (Å²) >= 11 is 0. The van der Waals surface area contributed by atoms with Crippen LogP contribution in [0.25, 0.3) is 0 Å². The number of aromatic nitrogens is 3. The minimum absolute atomic E-state index is 0.0407. The Balaban J connectivity index is 1.39. The lowest BCUT2D eigenvalue weighted by atomic mass is 10.0. The lowest BCUT2D eigenvalue weighted by Gasteiger charge is -2.16. The minimum Gasteiger partial charge on any atom is -0.446 e. The van der Waals surface area contributed by atoms with E-state index in [1.807, 2.05) is 19.9 Å². The molecule has 2 atom stereocenters. The molecule has 0 radical (unpaired) electrons. The van der Waals surface area contributed by atoms with E-state index in [9.17, 15) is 13.2 Å². The highest BCUT2D eigenvalue weighted by molar-refractivity contribution is 7.89. The molecule has 0 unspecified atom stereocenters. The van der Waals surface area contributed by atoms with Gasteiger partial charge in [-0.1, -0.05) is 6.07 Å². The van der Waals surface area contributed by atoms with Crippen LogP contribution < -0.4 is 15.4 Å². The molecular weight excluding hydrogens is 408 g/mol. The molecule has 30 heavy (non-hydrogen) atoms. The number of sulfonamides is 1. The molecule has 0 bridgehead atoms. The van der Waals surface area contributed by atoms with Gasteiger partial charge in [-0.15, -0.1) is 0 Å². The third-order valence-corrected chi connectivity index (χ3v) is 6.69. The van der Waals surface area contributed by atoms with Gasteiger partial charge in [-0.25, -0.2) is 22.9 Å². The van der Waals surface area contributed by atoms with Crippen molar-refractivity contribution in [3.05, 3.63) is 29.5 Å². The van der Waals surface area contributed by atoms with Crippen molar-refractivity contribution in [2.24, 2.45) is 0 Å². The highest BCUT2D eigenvalue weighted by Crippen LogP contribution is 2.36. The van der Waals surface area contributed by atoms with Gasteiger partial charge in [0.1, 0.15) is 11.9 Å². The topological polar surface area (TPSA) is 138 Å². The quantitative estimate of drug-likeness (QED) is 0.566. The number of carbonyl (C=O) groups is 1. The summed E-state index contributed by atoms with van der Waals surface area (Å²) < 4.78 is 32.3. The number of pyridine rings is 1. The summed E-state index contributed by atoms with van der Waals surface area (Å²) in [6.07, 6.45) is 2.54. The number of hydrogen-bond acceptors (Lipinski definition) is 7. The van der Waals surface area contributed by atoms with Crippen molar-refractivity contribution in [3.8, 4) is 0 Å². The molecule has 2 aliphatic rings. The fourth-order valence-electron chi connectivity index (χ4n) is 3.84. The number of hydrogen-bond donors (Lipinski definition) is 4. The number of H-pyrrole nitrogens is 1. The fourth-order valence-corrected chi connectivity index (χ4v) is 5.08. The zero-order valence-corrected chi connectivity index (χ0v) is 17.8. The average Bonchev–Trinajstić information content (AvgIpc) is 3.31. The van der Waals surface area contributed by atoms with E-state index in [2.05, 4.69) is 30.5 Å². The maximum absolute atomic E-state index is 12.2. The van der Waals surface area contributed by atoms with Gasteiger partial charge in [0.05, 0.1) is 0 Å². The van der Waals surface area contributed by atoms with Gasteiger partial charge >= 0.3 is 6.09 Å². The van der Waals surface area contributed by atoms with E-state index < -0.39 is 10.0 Å². The number of amides is 1. The SMILES string of the molecule is CC(C)NC(=O)O[C@@H]1CC[C@H](c2cc(Nc3ccc4c(n3)S(=O)(=O)NCC4)n[nH]2)C1. The molecule has 1 aliphatic carbocycles. The van der Waals surface area contributed by atoms with Gasteiger partial charge in [-0.3, -0.25) is 5.10 Å². The molecule has 1 aliphatic heterocycles. The Morgan fingerprint density at radius 1 is 1.27 bits per heavy atom. The largest absolute Gasteiger partial charge is 0.446 e. The zero-order chi connectivity index (χ0) is 21.3. The number of carbonyl (C=O) groups excluding carboxylic acids is 1. The van der Waals surface area contributed by atoms with Crippen LogP contribution in [-0.2, 0) is 21.2 Å². The van der Waals surface area contributed by atoms with Gasteiger partial charge in [0.2, 0.25) is 0 Å². The van der Waals surface area contributed by atoms with Crippen LogP contribution in [-0.4, -0.2) is 48.4 Å². The van der Waals surface area contributed by atoms with Crippen LogP contribution in [0.1, 0.15) is 50.3 Å². The van der Waals surface area contributed by atoms with E-state index in [1.165, 1.54) is 0 Å². The van der Waals surface area contributed by atoms with Gasteiger partial charge in [0.15, 0.2) is 10.8 Å². The molecule has 162 valence electrons. The van der Waals surface area contributed by atoms with Crippen LogP contribution in [0, 0.1) is 0 Å². The van der Waals surface area contributed by atoms with E-state index in [4.69, 9.17) is 4.74 Å². The van der Waals surface area contributed by atoms with E-state index in [0.717, 1.165) is 25.0 Å². The molecule has 0 saturated heterocycles. The number of anilines is 2. The molecule has 11 heteroatoms. The number of nitrogens with zero attached hydrogens (tertiary/aromatic N) is 2. The van der Waals surface area contributed by atoms with Crippen LogP contribution in [0.2, 0.25) is 0 Å². The number of aromatic amines is 1. The monoisotopic (exact) mass is 434 g/mol. The molecule has 0 spiro atoms. The molecule has 1 amide bonds. The molecule has 2 aromatic rings. The van der Waals surface area contributed by atoms with Crippen LogP contribution in [0.3, 0.4) is 0 Å². The van der Waals surface area contributed by atoms with Gasteiger partial charge in [-0.05, 0) is 51.2 Å². The Hall–Kier alpha value is -2.66. The van der Waals surface area contributed by atoms with Crippen LogP contribution in [0.5, 0.6) is 0 Å². The number of alkyl carbamates (subject to hydrolysis) is 1. The van der Waals surface area contributed by atoms with Crippen LogP contribution >= 0.6 is 0 Å². The Morgan fingerprint density at radius 3 is 2.90 bits per heavy atom. The molecule has 4 N–H and O–H groups in total. The Morgan fingerprint density at radius 2 is 2.10 bits per heavy atom. The van der Waals surface area contributed by atoms with Gasteiger partial charge < -0.3 is 15.4 Å². The molecule has 10 nitrogen and oxygen atoms in total. The van der Waals surface area contributed by atoms with Crippen LogP contribution in [0.4, 0.5) is 16.4 Å². The molecule has 1 saturated carbocycles. The highest BCUT2D eigenvalue weighted by atomic mass is 32.2. The van der Waals surface area contributed by atoms with E-state index in [1.54, 1.807) is 12.1 Å². The second-order valence-corrected chi connectivity index (χ2v) is 9.66. The molecule has 1 fully saturated rings. The molecule has 4 rings (SSSR count). The standard InChI is InChI=1S/C19H26N6O4S/c1-11(2)21-19(26)29-14-5-3-13(9-14)15-10-17(25-24-15)22-16-6-4-12-7-8-20-30(27,28)18(12)23-16/h4,6,10-11,13-14,20H,3,5,7-9H2,1-2H3,(H,21,26)(H2,22,23,24,25)/t13-,14+/m0/s1. The van der Waals surface area contributed by atoms with Gasteiger partial charge in [-0.2, -0.15) is 5.10 Å². The Bertz CT molecular complexity index is 1040. The third-order valence-electron chi connectivity index (χ3n) is 5.24. The van der Waals surface area contributed by atoms with Crippen molar-refractivity contribution in [1.29, 1.82) is 0 Å². The van der Waals surface area contributed by atoms with E-state index in [-0.39, 0.29) is 29.2 Å². The molecule has 0 aromatic carbocycles. The van der Waals surface area contributed by atoms with Crippen molar-refractivity contribution >= 4 is 27.8 Å². The third kappa shape index (κ3) is 4.57. The second-order valence-electron chi connectivity index (χ2n) is 7.98. The first-order valence-electron chi connectivity index (χ1n) is 10.1. The Kier molecular flexibility index (Phi) is 5.65. The summed E-state index contributed by atoms with van der Waals surface area (Å²) in [5.74, 6) is 1.18. The molecule has 2 aromatic heterocycles. The summed E-state index contributed by atoms with van der Waals surface area (Å²) in [5, 5.41) is 13.2. The fraction of sp³-hybridized carbons (Fsp3) is 0.526. The number of nitrogens with one attached hydrogen (secondary N) is 4. The maximum Gasteiger partial charge on any atom is 0.407 e. The number of ether oxygens (including phenoxy) is 1. The Labute approximate surface area is 175 Å². The first-order valence-corrected chi connectivity index (χ1v) is 11.6. The second kappa shape index (κ2) is 8.23. The number of fused-ring (bicyclic) bond motifs is 1. The lowest BCUT2D eigenvalue weighted by molar-refractivity contribution is 0.0981. The predicted molar refractivity (Wildman–Crippen MR) is 110 cm³/mol. The van der Waals surface area contributed by atoms with E-state index >= 15 is 0 Å². The maximum atomic E-state index is 12.2. The molecular formula is C19H26N6O4S. The molecule has 3 heterocycles. The van der Waals surface area contributed by atoms with Crippen molar-refractivity contribution in [2.75, 3.05) is 11.9 Å². The highest BCUT2D eigenvalue weighted by Gasteiger charge is 2.30. The first kappa shape index (κ1) is 20.6. The zero-order valence-electron chi connectivity index (χ0n) is 16.9. The summed E-state index contributed by atoms with van der Waals surface area (Å²) in [7, 11) is -3.56. The summed E-state index contributed by atoms with van der Waals surface area (Å²) in [4.78, 5) is 16.0. The van der Waals surface area contributed by atoms with Gasteiger partial charge in [0.25, 0.3) is 10.0 Å². The summed E-state index contributed by atoms with van der Waals surface area (Å²) in [6, 6.07) is 5.45. The first-order chi connectivity index (χ1) is 14.3. The van der Waals surface area contributed by atoms with Crippen molar-refractivity contribution < 1.29 is 17.9 Å². The van der Waals surface area contributed by atoms with E-state index in [0.29, 0.717) is 30.2 Å². The predicted octanol–water partition coefficient (Wildman–Crippen LogP) is 2.15. The smallest absolute Gasteiger partial charge is 0.407 e. The number of rotatable bonds is 5. The minimum atomic E-state index is -3.56. The van der Waals surface area contributed by atoms with Crippen molar-refractivity contribution in [2.45, 2.75) is 62.6 Å². The van der Waals surface area contributed by atoms with Crippen molar-refractivity contribution in [3.63, 3.8) is 0 Å². The average molecular weight is 435 g/mol. The van der Waals surface area contributed by atoms with Crippen LogP contribution in [0.15, 0.2) is 23.2 Å².